The highest BCUT2D eigenvalue weighted by Crippen LogP contribution is 2.37. The summed E-state index contributed by atoms with van der Waals surface area (Å²) in [4.78, 5) is 2.65. The van der Waals surface area contributed by atoms with Crippen LogP contribution in [0.5, 0.6) is 11.5 Å². The molecule has 0 aliphatic heterocycles. The van der Waals surface area contributed by atoms with Crippen molar-refractivity contribution in [1.82, 2.24) is 19.6 Å². The number of benzene rings is 2. The van der Waals surface area contributed by atoms with Gasteiger partial charge >= 0.3 is 0 Å². The van der Waals surface area contributed by atoms with Gasteiger partial charge in [-0.25, -0.2) is 26.6 Å². The van der Waals surface area contributed by atoms with Crippen LogP contribution in [0.1, 0.15) is 0 Å². The van der Waals surface area contributed by atoms with Gasteiger partial charge in [-0.2, -0.15) is 9.47 Å². The fraction of sp³-hybridized carbons (Fsp3) is 0. The zero-order valence-corrected chi connectivity index (χ0v) is 17.3. The molecule has 2 aromatic heterocycles. The minimum absolute atomic E-state index is 0.124. The Balaban J connectivity index is 1.71. The number of aromatic nitrogens is 4. The maximum atomic E-state index is 14.6. The van der Waals surface area contributed by atoms with Gasteiger partial charge in [-0.3, -0.25) is 9.82 Å². The molecule has 0 atom stereocenters. The van der Waals surface area contributed by atoms with Crippen LogP contribution in [0, 0.1) is 17.5 Å². The minimum atomic E-state index is -4.49. The van der Waals surface area contributed by atoms with Crippen LogP contribution in [0.15, 0.2) is 47.8 Å². The molecule has 0 spiro atoms. The van der Waals surface area contributed by atoms with Crippen LogP contribution in [0.25, 0.3) is 11.3 Å². The van der Waals surface area contributed by atoms with E-state index < -0.39 is 38.1 Å². The lowest BCUT2D eigenvalue weighted by molar-refractivity contribution is 0.430. The van der Waals surface area contributed by atoms with Gasteiger partial charge in [0.05, 0.1) is 10.7 Å². The highest BCUT2D eigenvalue weighted by molar-refractivity contribution is 7.93. The summed E-state index contributed by atoms with van der Waals surface area (Å²) in [5, 5.41) is 6.04. The van der Waals surface area contributed by atoms with Crippen LogP contribution >= 0.6 is 23.1 Å². The number of hydrogen-bond acceptors (Lipinski definition) is 7. The number of H-pyrrole nitrogens is 1. The van der Waals surface area contributed by atoms with E-state index in [4.69, 9.17) is 16.3 Å². The number of hydrogen-bond donors (Lipinski definition) is 2. The number of halogens is 4. The summed E-state index contributed by atoms with van der Waals surface area (Å²) < 4.78 is 78.8. The molecule has 160 valence electrons. The third-order valence-electron chi connectivity index (χ3n) is 3.89. The molecular weight excluding hydrogens is 479 g/mol. The van der Waals surface area contributed by atoms with Crippen LogP contribution in [0.4, 0.5) is 18.3 Å². The molecule has 0 bridgehead atoms. The van der Waals surface area contributed by atoms with Gasteiger partial charge in [0.15, 0.2) is 11.6 Å². The summed E-state index contributed by atoms with van der Waals surface area (Å²) in [6.07, 6.45) is 2.51. The minimum Gasteiger partial charge on any atom is -0.453 e. The van der Waals surface area contributed by atoms with Gasteiger partial charge in [0.25, 0.3) is 10.0 Å². The van der Waals surface area contributed by atoms with Crippen LogP contribution in [0.2, 0.25) is 5.02 Å². The molecule has 0 fully saturated rings. The number of nitrogens with one attached hydrogen (secondary N) is 2. The van der Waals surface area contributed by atoms with E-state index in [-0.39, 0.29) is 21.5 Å². The van der Waals surface area contributed by atoms with Crippen LogP contribution in [-0.2, 0) is 10.0 Å². The van der Waals surface area contributed by atoms with Crippen molar-refractivity contribution in [3.05, 3.63) is 65.3 Å². The molecule has 2 heterocycles. The molecule has 31 heavy (non-hydrogen) atoms. The van der Waals surface area contributed by atoms with Crippen molar-refractivity contribution in [2.24, 2.45) is 0 Å². The SMILES string of the molecule is O=S(=O)(Nc1ncns1)c1cc(F)c(Oc2cc(F)c(Cl)cc2-c2ccn[nH]2)cc1F. The van der Waals surface area contributed by atoms with Crippen molar-refractivity contribution in [3.8, 4) is 22.8 Å². The second-order valence-electron chi connectivity index (χ2n) is 5.90. The van der Waals surface area contributed by atoms with E-state index in [1.807, 2.05) is 4.72 Å². The average molecular weight is 488 g/mol. The summed E-state index contributed by atoms with van der Waals surface area (Å²) in [5.41, 5.74) is 0.594. The number of ether oxygens (including phenoxy) is 1. The molecule has 0 unspecified atom stereocenters. The summed E-state index contributed by atoms with van der Waals surface area (Å²) in [6.45, 7) is 0. The molecular formula is C17H9ClF3N5O3S2. The first kappa shape index (κ1) is 21.1. The Morgan fingerprint density at radius 2 is 1.84 bits per heavy atom. The summed E-state index contributed by atoms with van der Waals surface area (Å²) in [5.74, 6) is -4.24. The Morgan fingerprint density at radius 1 is 1.06 bits per heavy atom. The predicted octanol–water partition coefficient (Wildman–Crippen LogP) is 4.59. The lowest BCUT2D eigenvalue weighted by atomic mass is 10.1. The summed E-state index contributed by atoms with van der Waals surface area (Å²) in [7, 11) is -4.49. The third kappa shape index (κ3) is 4.33. The second kappa shape index (κ2) is 8.17. The topological polar surface area (TPSA) is 110 Å². The van der Waals surface area contributed by atoms with Gasteiger partial charge in [0, 0.05) is 41.5 Å². The van der Waals surface area contributed by atoms with E-state index in [2.05, 4.69) is 19.6 Å². The third-order valence-corrected chi connectivity index (χ3v) is 6.25. The number of nitrogens with zero attached hydrogens (tertiary/aromatic N) is 3. The van der Waals surface area contributed by atoms with Gasteiger partial charge in [-0.1, -0.05) is 11.6 Å². The lowest BCUT2D eigenvalue weighted by Crippen LogP contribution is -2.15. The Labute approximate surface area is 181 Å². The van der Waals surface area contributed by atoms with Crippen LogP contribution in [-0.4, -0.2) is 28.0 Å². The van der Waals surface area contributed by atoms with Crippen molar-refractivity contribution in [1.29, 1.82) is 0 Å². The van der Waals surface area contributed by atoms with Crippen molar-refractivity contribution in [3.63, 3.8) is 0 Å². The highest BCUT2D eigenvalue weighted by Gasteiger charge is 2.24. The van der Waals surface area contributed by atoms with E-state index in [0.717, 1.165) is 12.4 Å². The zero-order chi connectivity index (χ0) is 22.2. The molecule has 4 aromatic rings. The van der Waals surface area contributed by atoms with E-state index in [0.29, 0.717) is 29.4 Å². The fourth-order valence-electron chi connectivity index (χ4n) is 2.53. The van der Waals surface area contributed by atoms with E-state index in [1.54, 1.807) is 0 Å². The first-order valence-corrected chi connectivity index (χ1v) is 10.8. The second-order valence-corrected chi connectivity index (χ2v) is 8.74. The van der Waals surface area contributed by atoms with E-state index in [9.17, 15) is 21.6 Å². The van der Waals surface area contributed by atoms with Crippen molar-refractivity contribution < 1.29 is 26.3 Å². The lowest BCUT2D eigenvalue weighted by Gasteiger charge is -2.13. The number of sulfonamides is 1. The molecule has 0 amide bonds. The number of aromatic amines is 1. The molecule has 14 heteroatoms. The Bertz CT molecular complexity index is 1350. The summed E-state index contributed by atoms with van der Waals surface area (Å²) in [6, 6.07) is 4.61. The number of rotatable bonds is 6. The molecule has 0 radical (unpaired) electrons. The Morgan fingerprint density at radius 3 is 2.52 bits per heavy atom. The quantitative estimate of drug-likeness (QED) is 0.411. The highest BCUT2D eigenvalue weighted by atomic mass is 35.5. The Kier molecular flexibility index (Phi) is 5.56. The first-order chi connectivity index (χ1) is 14.7. The summed E-state index contributed by atoms with van der Waals surface area (Å²) >= 11 is 6.53. The first-order valence-electron chi connectivity index (χ1n) is 8.20. The molecule has 4 rings (SSSR count). The number of anilines is 1. The fourth-order valence-corrected chi connectivity index (χ4v) is 4.43. The maximum absolute atomic E-state index is 14.6. The van der Waals surface area contributed by atoms with Crippen molar-refractivity contribution >= 4 is 38.3 Å². The molecule has 0 saturated carbocycles. The van der Waals surface area contributed by atoms with E-state index in [1.165, 1.54) is 18.3 Å². The molecule has 2 aromatic carbocycles. The van der Waals surface area contributed by atoms with Gasteiger partial charge in [0.2, 0.25) is 5.13 Å². The van der Waals surface area contributed by atoms with Gasteiger partial charge in [-0.05, 0) is 12.1 Å². The molecule has 0 aliphatic rings. The van der Waals surface area contributed by atoms with Crippen molar-refractivity contribution in [2.75, 3.05) is 4.72 Å². The molecule has 0 aliphatic carbocycles. The van der Waals surface area contributed by atoms with Gasteiger partial charge in [0.1, 0.15) is 28.6 Å². The smallest absolute Gasteiger partial charge is 0.266 e. The van der Waals surface area contributed by atoms with Crippen molar-refractivity contribution in [2.45, 2.75) is 4.90 Å². The standard InChI is InChI=1S/C17H9ClF3N5O3S2/c18-9-3-8(13-1-2-23-25-13)14(4-10(9)19)29-15-5-12(21)16(6-11(15)20)31(27,28)26-17-22-7-24-30-17/h1-7H,(H,23,25)(H,22,24,26). The van der Waals surface area contributed by atoms with E-state index >= 15 is 0 Å². The monoisotopic (exact) mass is 487 g/mol. The zero-order valence-electron chi connectivity index (χ0n) is 14.9. The maximum Gasteiger partial charge on any atom is 0.266 e. The predicted molar refractivity (Wildman–Crippen MR) is 106 cm³/mol. The molecule has 2 N–H and O–H groups in total. The van der Waals surface area contributed by atoms with Gasteiger partial charge < -0.3 is 4.74 Å². The molecule has 0 saturated heterocycles. The van der Waals surface area contributed by atoms with Gasteiger partial charge in [-0.15, -0.1) is 0 Å². The average Bonchev–Trinajstić information content (AvgIpc) is 3.41. The van der Waals surface area contributed by atoms with Crippen LogP contribution in [0.3, 0.4) is 0 Å². The Hall–Kier alpha value is -3.16. The largest absolute Gasteiger partial charge is 0.453 e. The normalized spacial score (nSPS) is 11.5. The molecule has 8 nitrogen and oxygen atoms in total. The van der Waals surface area contributed by atoms with Crippen LogP contribution < -0.4 is 9.46 Å².